The van der Waals surface area contributed by atoms with Crippen LogP contribution < -0.4 is 22.1 Å². The second kappa shape index (κ2) is 15.9. The van der Waals surface area contributed by atoms with Crippen LogP contribution in [0.4, 0.5) is 16.0 Å². The first-order chi connectivity index (χ1) is 21.0. The van der Waals surface area contributed by atoms with E-state index in [1.807, 2.05) is 30.3 Å². The maximum absolute atomic E-state index is 12.0. The number of anilines is 2. The zero-order valence-electron chi connectivity index (χ0n) is 23.0. The van der Waals surface area contributed by atoms with Crippen molar-refractivity contribution in [2.45, 2.75) is 24.9 Å². The Morgan fingerprint density at radius 3 is 1.80 bits per heavy atom. The molecule has 2 atom stereocenters. The molecule has 0 aliphatic heterocycles. The van der Waals surface area contributed by atoms with Gasteiger partial charge in [-0.05, 0) is 24.0 Å². The standard InChI is InChI=1S/C14H14N4O5S.C13H13N3O3S/c1-23-13(20)11-7-24-14(16-11)17-12(19)10(15)6-8-2-4-9(5-3-8)18(21)22;14-9(6-8-4-2-1-3-5-8)11(17)16-13-15-10(7-20-13)12(18)19/h2-5,7,10H,6,15H2,1H3,(H,16,17,19);1-5,7,9H,6,14H2,(H,18,19)(H,15,16,17)/t10-;9-/m00/s1. The fourth-order valence-electron chi connectivity index (χ4n) is 3.42. The Morgan fingerprint density at radius 1 is 0.864 bits per heavy atom. The number of nitrogens with zero attached hydrogens (tertiary/aromatic N) is 3. The number of hydrogen-bond donors (Lipinski definition) is 5. The first-order valence-electron chi connectivity index (χ1n) is 12.6. The van der Waals surface area contributed by atoms with Gasteiger partial charge in [0.15, 0.2) is 21.7 Å². The highest BCUT2D eigenvalue weighted by Crippen LogP contribution is 2.18. The van der Waals surface area contributed by atoms with E-state index in [1.54, 1.807) is 12.1 Å². The molecule has 0 unspecified atom stereocenters. The molecular weight excluding hydrogens is 614 g/mol. The summed E-state index contributed by atoms with van der Waals surface area (Å²) in [5.41, 5.74) is 13.3. The third-order valence-electron chi connectivity index (χ3n) is 5.66. The summed E-state index contributed by atoms with van der Waals surface area (Å²) in [6.45, 7) is 0. The maximum atomic E-state index is 12.0. The zero-order valence-corrected chi connectivity index (χ0v) is 24.7. The molecule has 230 valence electrons. The second-order valence-electron chi connectivity index (χ2n) is 8.88. The molecule has 2 aromatic heterocycles. The van der Waals surface area contributed by atoms with Crippen LogP contribution in [0.1, 0.15) is 32.1 Å². The minimum atomic E-state index is -1.13. The van der Waals surface area contributed by atoms with E-state index in [1.165, 1.54) is 30.0 Å². The predicted octanol–water partition coefficient (Wildman–Crippen LogP) is 2.70. The van der Waals surface area contributed by atoms with Crippen LogP contribution in [0, 0.1) is 10.1 Å². The van der Waals surface area contributed by atoms with E-state index in [0.717, 1.165) is 28.2 Å². The van der Waals surface area contributed by atoms with Crippen molar-refractivity contribution in [2.24, 2.45) is 11.5 Å². The van der Waals surface area contributed by atoms with Crippen molar-refractivity contribution in [3.05, 3.63) is 98.0 Å². The normalized spacial score (nSPS) is 11.7. The fourth-order valence-corrected chi connectivity index (χ4v) is 4.79. The van der Waals surface area contributed by atoms with E-state index in [0.29, 0.717) is 12.0 Å². The molecule has 17 heteroatoms. The molecular formula is C27H27N7O8S2. The molecule has 0 saturated carbocycles. The van der Waals surface area contributed by atoms with Crippen LogP contribution in [0.5, 0.6) is 0 Å². The smallest absolute Gasteiger partial charge is 0.357 e. The summed E-state index contributed by atoms with van der Waals surface area (Å²) in [6, 6.07) is 13.6. The molecule has 4 aromatic rings. The molecule has 44 heavy (non-hydrogen) atoms. The largest absolute Gasteiger partial charge is 0.476 e. The third kappa shape index (κ3) is 10.0. The van der Waals surface area contributed by atoms with E-state index < -0.39 is 34.9 Å². The zero-order chi connectivity index (χ0) is 32.2. The SMILES string of the molecule is COC(=O)c1csc(NC(=O)[C@@H](N)Cc2ccc([N+](=O)[O-])cc2)n1.N[C@@H](Cc1ccccc1)C(=O)Nc1nc(C(=O)O)cs1. The van der Waals surface area contributed by atoms with Crippen molar-refractivity contribution in [1.29, 1.82) is 0 Å². The number of non-ortho nitro benzene ring substituents is 1. The number of benzene rings is 2. The Kier molecular flexibility index (Phi) is 12.1. The number of esters is 1. The van der Waals surface area contributed by atoms with Gasteiger partial charge in [-0.25, -0.2) is 19.6 Å². The number of aromatic nitrogens is 2. The highest BCUT2D eigenvalue weighted by Gasteiger charge is 2.19. The van der Waals surface area contributed by atoms with Crippen LogP contribution in [0.25, 0.3) is 0 Å². The molecule has 0 radical (unpaired) electrons. The monoisotopic (exact) mass is 641 g/mol. The van der Waals surface area contributed by atoms with E-state index in [2.05, 4.69) is 25.3 Å². The molecule has 0 saturated heterocycles. The quantitative estimate of drug-likeness (QED) is 0.0902. The van der Waals surface area contributed by atoms with E-state index in [9.17, 15) is 29.3 Å². The Hall–Kier alpha value is -5.10. The van der Waals surface area contributed by atoms with Crippen molar-refractivity contribution < 1.29 is 33.9 Å². The summed E-state index contributed by atoms with van der Waals surface area (Å²) in [7, 11) is 1.24. The van der Waals surface area contributed by atoms with E-state index in [-0.39, 0.29) is 39.7 Å². The lowest BCUT2D eigenvalue weighted by Gasteiger charge is -2.10. The molecule has 0 aliphatic rings. The van der Waals surface area contributed by atoms with Crippen LogP contribution in [0.15, 0.2) is 65.4 Å². The maximum Gasteiger partial charge on any atom is 0.357 e. The van der Waals surface area contributed by atoms with Crippen molar-refractivity contribution >= 4 is 62.4 Å². The minimum absolute atomic E-state index is 0.0325. The number of carboxylic acids is 1. The Labute approximate surface area is 258 Å². The predicted molar refractivity (Wildman–Crippen MR) is 163 cm³/mol. The summed E-state index contributed by atoms with van der Waals surface area (Å²) >= 11 is 2.13. The van der Waals surface area contributed by atoms with Crippen molar-refractivity contribution in [2.75, 3.05) is 17.7 Å². The molecule has 0 bridgehead atoms. The number of amides is 2. The number of nitro groups is 1. The Morgan fingerprint density at radius 2 is 1.34 bits per heavy atom. The van der Waals surface area contributed by atoms with Gasteiger partial charge in [-0.3, -0.25) is 19.7 Å². The fraction of sp³-hybridized carbons (Fsp3) is 0.185. The van der Waals surface area contributed by atoms with Crippen LogP contribution in [0.2, 0.25) is 0 Å². The number of thiazole rings is 2. The second-order valence-corrected chi connectivity index (χ2v) is 10.6. The minimum Gasteiger partial charge on any atom is -0.476 e. The highest BCUT2D eigenvalue weighted by molar-refractivity contribution is 7.14. The molecule has 0 spiro atoms. The molecule has 0 fully saturated rings. The number of ether oxygens (including phenoxy) is 1. The number of nitro benzene ring substituents is 1. The van der Waals surface area contributed by atoms with E-state index >= 15 is 0 Å². The van der Waals surface area contributed by atoms with Gasteiger partial charge in [-0.1, -0.05) is 42.5 Å². The number of carbonyl (C=O) groups is 4. The molecule has 4 rings (SSSR count). The lowest BCUT2D eigenvalue weighted by Crippen LogP contribution is -2.37. The number of rotatable bonds is 11. The molecule has 7 N–H and O–H groups in total. The summed E-state index contributed by atoms with van der Waals surface area (Å²) in [5, 5.41) is 27.7. The van der Waals surface area contributed by atoms with Gasteiger partial charge in [0.05, 0.1) is 24.1 Å². The summed E-state index contributed by atoms with van der Waals surface area (Å²) in [6.07, 6.45) is 0.614. The van der Waals surface area contributed by atoms with Gasteiger partial charge in [0.2, 0.25) is 11.8 Å². The molecule has 0 aliphatic carbocycles. The van der Waals surface area contributed by atoms with Crippen LogP contribution >= 0.6 is 22.7 Å². The first-order valence-corrected chi connectivity index (χ1v) is 14.4. The Bertz CT molecular complexity index is 1610. The number of hydrogen-bond acceptors (Lipinski definition) is 13. The van der Waals surface area contributed by atoms with Crippen LogP contribution in [0.3, 0.4) is 0 Å². The van der Waals surface area contributed by atoms with Gasteiger partial charge in [0, 0.05) is 22.9 Å². The first kappa shape index (κ1) is 33.4. The molecule has 2 amide bonds. The van der Waals surface area contributed by atoms with Gasteiger partial charge in [-0.15, -0.1) is 22.7 Å². The number of carboxylic acid groups (broad SMARTS) is 1. The topological polar surface area (TPSA) is 243 Å². The number of nitrogens with one attached hydrogen (secondary N) is 2. The van der Waals surface area contributed by atoms with E-state index in [4.69, 9.17) is 16.6 Å². The average molecular weight is 642 g/mol. The molecule has 2 heterocycles. The molecule has 15 nitrogen and oxygen atoms in total. The summed E-state index contributed by atoms with van der Waals surface area (Å²) in [4.78, 5) is 63.7. The van der Waals surface area contributed by atoms with Crippen molar-refractivity contribution in [3.63, 3.8) is 0 Å². The van der Waals surface area contributed by atoms with Gasteiger partial charge in [-0.2, -0.15) is 0 Å². The van der Waals surface area contributed by atoms with Gasteiger partial charge < -0.3 is 31.9 Å². The number of nitrogens with two attached hydrogens (primary N) is 2. The Balaban J connectivity index is 0.000000244. The molecule has 2 aromatic carbocycles. The van der Waals surface area contributed by atoms with Crippen molar-refractivity contribution in [1.82, 2.24) is 9.97 Å². The lowest BCUT2D eigenvalue weighted by molar-refractivity contribution is -0.384. The summed E-state index contributed by atoms with van der Waals surface area (Å²) < 4.78 is 4.53. The highest BCUT2D eigenvalue weighted by atomic mass is 32.1. The third-order valence-corrected chi connectivity index (χ3v) is 7.17. The van der Waals surface area contributed by atoms with Crippen molar-refractivity contribution in [3.8, 4) is 0 Å². The number of carbonyl (C=O) groups excluding carboxylic acids is 3. The summed E-state index contributed by atoms with van der Waals surface area (Å²) in [5.74, 6) is -2.59. The van der Waals surface area contributed by atoms with Crippen LogP contribution in [-0.4, -0.2) is 62.9 Å². The average Bonchev–Trinajstić information content (AvgIpc) is 3.68. The van der Waals surface area contributed by atoms with Gasteiger partial charge in [0.1, 0.15) is 0 Å². The van der Waals surface area contributed by atoms with Gasteiger partial charge >= 0.3 is 11.9 Å². The number of methoxy groups -OCH3 is 1. The van der Waals surface area contributed by atoms with Gasteiger partial charge in [0.25, 0.3) is 5.69 Å². The lowest BCUT2D eigenvalue weighted by atomic mass is 10.1. The number of aromatic carboxylic acids is 1. The van der Waals surface area contributed by atoms with Crippen LogP contribution in [-0.2, 0) is 27.2 Å².